The summed E-state index contributed by atoms with van der Waals surface area (Å²) in [6, 6.07) is 15.8. The quantitative estimate of drug-likeness (QED) is 0.596. The van der Waals surface area contributed by atoms with Crippen LogP contribution in [0, 0.1) is 5.82 Å². The summed E-state index contributed by atoms with van der Waals surface area (Å²) in [5.41, 5.74) is 0.555. The molecule has 0 bridgehead atoms. The number of sulfonamides is 1. The Hall–Kier alpha value is -3.10. The van der Waals surface area contributed by atoms with Crippen LogP contribution in [-0.2, 0) is 10.0 Å². The summed E-state index contributed by atoms with van der Waals surface area (Å²) in [7, 11) is -2.68. The van der Waals surface area contributed by atoms with Crippen LogP contribution < -0.4 is 14.8 Å². The summed E-state index contributed by atoms with van der Waals surface area (Å²) >= 11 is 5.87. The number of methoxy groups -OCH3 is 1. The first-order chi connectivity index (χ1) is 13.8. The van der Waals surface area contributed by atoms with Gasteiger partial charge in [0.05, 0.1) is 29.1 Å². The van der Waals surface area contributed by atoms with E-state index in [1.165, 1.54) is 19.2 Å². The minimum atomic E-state index is -4.16. The van der Waals surface area contributed by atoms with Crippen molar-refractivity contribution in [1.82, 2.24) is 0 Å². The molecular formula is C20H16ClFN2O4S. The van der Waals surface area contributed by atoms with Gasteiger partial charge in [0.1, 0.15) is 16.5 Å². The van der Waals surface area contributed by atoms with E-state index in [4.69, 9.17) is 16.3 Å². The molecular weight excluding hydrogens is 419 g/mol. The number of nitrogens with one attached hydrogen (secondary N) is 2. The molecule has 0 aromatic heterocycles. The van der Waals surface area contributed by atoms with Gasteiger partial charge in [-0.25, -0.2) is 12.8 Å². The Balaban J connectivity index is 1.92. The summed E-state index contributed by atoms with van der Waals surface area (Å²) in [4.78, 5) is 12.5. The largest absolute Gasteiger partial charge is 0.495 e. The average Bonchev–Trinajstić information content (AvgIpc) is 2.68. The highest BCUT2D eigenvalue weighted by Gasteiger charge is 2.22. The van der Waals surface area contributed by atoms with Gasteiger partial charge in [0.15, 0.2) is 0 Å². The Labute approximate surface area is 172 Å². The SMILES string of the molecule is COc1ccccc1NC(=O)c1ccccc1NS(=O)(=O)c1ccc(F)cc1Cl. The van der Waals surface area contributed by atoms with Crippen molar-refractivity contribution < 1.29 is 22.3 Å². The van der Waals surface area contributed by atoms with Gasteiger partial charge in [-0.15, -0.1) is 0 Å². The van der Waals surface area contributed by atoms with E-state index in [1.807, 2.05) is 0 Å². The van der Waals surface area contributed by atoms with Gasteiger partial charge < -0.3 is 10.1 Å². The Morgan fingerprint density at radius 2 is 1.66 bits per heavy atom. The van der Waals surface area contributed by atoms with E-state index >= 15 is 0 Å². The summed E-state index contributed by atoms with van der Waals surface area (Å²) in [5, 5.41) is 2.42. The predicted octanol–water partition coefficient (Wildman–Crippen LogP) is 4.54. The average molecular weight is 435 g/mol. The molecule has 0 heterocycles. The molecule has 0 saturated carbocycles. The molecule has 3 rings (SSSR count). The molecule has 2 N–H and O–H groups in total. The van der Waals surface area contributed by atoms with Gasteiger partial charge in [-0.3, -0.25) is 9.52 Å². The lowest BCUT2D eigenvalue weighted by Crippen LogP contribution is -2.19. The number of halogens is 2. The van der Waals surface area contributed by atoms with E-state index in [9.17, 15) is 17.6 Å². The van der Waals surface area contributed by atoms with E-state index in [0.29, 0.717) is 11.4 Å². The molecule has 0 aliphatic carbocycles. The molecule has 0 saturated heterocycles. The second-order valence-electron chi connectivity index (χ2n) is 5.88. The van der Waals surface area contributed by atoms with Crippen molar-refractivity contribution in [1.29, 1.82) is 0 Å². The van der Waals surface area contributed by atoms with E-state index in [-0.39, 0.29) is 21.2 Å². The van der Waals surface area contributed by atoms with Crippen LogP contribution in [0.3, 0.4) is 0 Å². The van der Waals surface area contributed by atoms with Crippen LogP contribution in [0.2, 0.25) is 5.02 Å². The second-order valence-corrected chi connectivity index (χ2v) is 7.94. The highest BCUT2D eigenvalue weighted by atomic mass is 35.5. The Bertz CT molecular complexity index is 1170. The molecule has 0 radical (unpaired) electrons. The zero-order valence-corrected chi connectivity index (χ0v) is 16.7. The lowest BCUT2D eigenvalue weighted by atomic mass is 10.1. The third kappa shape index (κ3) is 4.67. The van der Waals surface area contributed by atoms with Crippen molar-refractivity contribution >= 4 is 38.9 Å². The van der Waals surface area contributed by atoms with Crippen molar-refractivity contribution in [2.45, 2.75) is 4.90 Å². The number of para-hydroxylation sites is 3. The first-order valence-electron chi connectivity index (χ1n) is 8.33. The molecule has 0 aliphatic heterocycles. The normalized spacial score (nSPS) is 11.0. The molecule has 6 nitrogen and oxygen atoms in total. The summed E-state index contributed by atoms with van der Waals surface area (Å²) < 4.78 is 46.2. The third-order valence-electron chi connectivity index (χ3n) is 3.95. The first-order valence-corrected chi connectivity index (χ1v) is 10.2. The number of benzene rings is 3. The minimum absolute atomic E-state index is 0.0419. The summed E-state index contributed by atoms with van der Waals surface area (Å²) in [6.45, 7) is 0. The van der Waals surface area contributed by atoms with E-state index < -0.39 is 21.7 Å². The molecule has 0 aliphatic rings. The van der Waals surface area contributed by atoms with Crippen molar-refractivity contribution in [3.8, 4) is 5.75 Å². The summed E-state index contributed by atoms with van der Waals surface area (Å²) in [6.07, 6.45) is 0. The fourth-order valence-electron chi connectivity index (χ4n) is 2.60. The maximum atomic E-state index is 13.2. The van der Waals surface area contributed by atoms with Crippen LogP contribution in [0.5, 0.6) is 5.75 Å². The minimum Gasteiger partial charge on any atom is -0.495 e. The smallest absolute Gasteiger partial charge is 0.263 e. The second kappa shape index (κ2) is 8.50. The number of ether oxygens (including phenoxy) is 1. The van der Waals surface area contributed by atoms with Crippen LogP contribution in [-0.4, -0.2) is 21.4 Å². The van der Waals surface area contributed by atoms with Crippen molar-refractivity contribution in [3.63, 3.8) is 0 Å². The Morgan fingerprint density at radius 3 is 2.34 bits per heavy atom. The van der Waals surface area contributed by atoms with Gasteiger partial charge in [-0.05, 0) is 42.5 Å². The zero-order chi connectivity index (χ0) is 21.0. The lowest BCUT2D eigenvalue weighted by molar-refractivity contribution is 0.102. The Kier molecular flexibility index (Phi) is 6.05. The highest BCUT2D eigenvalue weighted by molar-refractivity contribution is 7.92. The molecule has 0 fully saturated rings. The fourth-order valence-corrected chi connectivity index (χ4v) is 4.21. The number of carbonyl (C=O) groups excluding carboxylic acids is 1. The van der Waals surface area contributed by atoms with Crippen LogP contribution in [0.25, 0.3) is 0 Å². The molecule has 3 aromatic carbocycles. The van der Waals surface area contributed by atoms with Gasteiger partial charge in [0, 0.05) is 0 Å². The highest BCUT2D eigenvalue weighted by Crippen LogP contribution is 2.28. The van der Waals surface area contributed by atoms with Gasteiger partial charge in [-0.1, -0.05) is 35.9 Å². The number of carbonyl (C=O) groups is 1. The molecule has 3 aromatic rings. The number of hydrogen-bond acceptors (Lipinski definition) is 4. The summed E-state index contributed by atoms with van der Waals surface area (Å²) in [5.74, 6) is -0.749. The lowest BCUT2D eigenvalue weighted by Gasteiger charge is -2.14. The number of amides is 1. The molecule has 29 heavy (non-hydrogen) atoms. The standard InChI is InChI=1S/C20H16ClFN2O4S/c1-28-18-9-5-4-8-17(18)23-20(25)14-6-2-3-7-16(14)24-29(26,27)19-11-10-13(22)12-15(19)21/h2-12,24H,1H3,(H,23,25). The molecule has 0 spiro atoms. The molecule has 9 heteroatoms. The Morgan fingerprint density at radius 1 is 1.00 bits per heavy atom. The van der Waals surface area contributed by atoms with E-state index in [0.717, 1.165) is 18.2 Å². The molecule has 150 valence electrons. The monoisotopic (exact) mass is 434 g/mol. The molecule has 0 atom stereocenters. The van der Waals surface area contributed by atoms with Gasteiger partial charge in [0.25, 0.3) is 15.9 Å². The topological polar surface area (TPSA) is 84.5 Å². The fraction of sp³-hybridized carbons (Fsp3) is 0.0500. The third-order valence-corrected chi connectivity index (χ3v) is 5.80. The number of rotatable bonds is 6. The van der Waals surface area contributed by atoms with E-state index in [1.54, 1.807) is 36.4 Å². The van der Waals surface area contributed by atoms with Gasteiger partial charge >= 0.3 is 0 Å². The number of hydrogen-bond donors (Lipinski definition) is 2. The number of anilines is 2. The van der Waals surface area contributed by atoms with Crippen LogP contribution in [0.4, 0.5) is 15.8 Å². The van der Waals surface area contributed by atoms with E-state index in [2.05, 4.69) is 10.0 Å². The van der Waals surface area contributed by atoms with Crippen molar-refractivity contribution in [2.24, 2.45) is 0 Å². The first kappa shape index (κ1) is 20.6. The maximum Gasteiger partial charge on any atom is 0.263 e. The molecule has 0 unspecified atom stereocenters. The molecule has 1 amide bonds. The van der Waals surface area contributed by atoms with Crippen LogP contribution in [0.1, 0.15) is 10.4 Å². The van der Waals surface area contributed by atoms with Gasteiger partial charge in [-0.2, -0.15) is 0 Å². The van der Waals surface area contributed by atoms with Gasteiger partial charge in [0.2, 0.25) is 0 Å². The van der Waals surface area contributed by atoms with Crippen molar-refractivity contribution in [3.05, 3.63) is 83.1 Å². The van der Waals surface area contributed by atoms with Crippen molar-refractivity contribution in [2.75, 3.05) is 17.1 Å². The zero-order valence-electron chi connectivity index (χ0n) is 15.1. The van der Waals surface area contributed by atoms with Crippen LogP contribution in [0.15, 0.2) is 71.6 Å². The van der Waals surface area contributed by atoms with Crippen LogP contribution >= 0.6 is 11.6 Å². The predicted molar refractivity (Wildman–Crippen MR) is 110 cm³/mol. The maximum absolute atomic E-state index is 13.2.